The van der Waals surface area contributed by atoms with Gasteiger partial charge in [-0.15, -0.1) is 0 Å². The van der Waals surface area contributed by atoms with Gasteiger partial charge in [0.25, 0.3) is 0 Å². The lowest BCUT2D eigenvalue weighted by molar-refractivity contribution is 0.182. The first-order valence-electron chi connectivity index (χ1n) is 7.53. The summed E-state index contributed by atoms with van der Waals surface area (Å²) in [7, 11) is 1.88. The van der Waals surface area contributed by atoms with Crippen molar-refractivity contribution in [2.24, 2.45) is 0 Å². The molecule has 20 heavy (non-hydrogen) atoms. The summed E-state index contributed by atoms with van der Waals surface area (Å²) in [6, 6.07) is 3.07. The number of hydrogen-bond donors (Lipinski definition) is 2. The topological polar surface area (TPSA) is 53.1 Å². The van der Waals surface area contributed by atoms with E-state index in [-0.39, 0.29) is 0 Å². The second kappa shape index (κ2) is 8.04. The molecule has 114 valence electrons. The molecule has 0 radical (unpaired) electrons. The van der Waals surface area contributed by atoms with Crippen LogP contribution in [0.2, 0.25) is 0 Å². The zero-order valence-corrected chi connectivity index (χ0v) is 13.7. The Kier molecular flexibility index (Phi) is 6.71. The van der Waals surface area contributed by atoms with Crippen LogP contribution >= 0.6 is 0 Å². The Hall–Kier alpha value is -1.36. The summed E-state index contributed by atoms with van der Waals surface area (Å²) in [5.41, 5.74) is 0. The fourth-order valence-electron chi connectivity index (χ4n) is 2.30. The monoisotopic (exact) mass is 279 g/mol. The summed E-state index contributed by atoms with van der Waals surface area (Å²) in [5.74, 6) is 2.63. The maximum atomic E-state index is 4.51. The molecular formula is C15H29N5. The van der Waals surface area contributed by atoms with E-state index in [1.807, 2.05) is 13.1 Å². The van der Waals surface area contributed by atoms with Gasteiger partial charge in [0.05, 0.1) is 0 Å². The van der Waals surface area contributed by atoms with Crippen LogP contribution in [-0.2, 0) is 6.42 Å². The number of nitrogens with zero attached hydrogens (tertiary/aromatic N) is 3. The van der Waals surface area contributed by atoms with Gasteiger partial charge in [-0.05, 0) is 27.7 Å². The maximum Gasteiger partial charge on any atom is 0.132 e. The molecule has 0 fully saturated rings. The normalized spacial score (nSPS) is 11.4. The van der Waals surface area contributed by atoms with Gasteiger partial charge in [0, 0.05) is 44.7 Å². The lowest BCUT2D eigenvalue weighted by Crippen LogP contribution is -2.40. The highest BCUT2D eigenvalue weighted by Gasteiger charge is 2.12. The highest BCUT2D eigenvalue weighted by Crippen LogP contribution is 2.11. The number of hydrogen-bond acceptors (Lipinski definition) is 5. The summed E-state index contributed by atoms with van der Waals surface area (Å²) in [6.07, 6.45) is 0.842. The summed E-state index contributed by atoms with van der Waals surface area (Å²) < 4.78 is 0. The van der Waals surface area contributed by atoms with Crippen molar-refractivity contribution in [2.45, 2.75) is 53.1 Å². The third-order valence-corrected chi connectivity index (χ3v) is 3.35. The van der Waals surface area contributed by atoms with Gasteiger partial charge in [-0.25, -0.2) is 9.97 Å². The SMILES string of the molecule is CCc1nc(NC)cc(NCCN(C(C)C)C(C)C)n1. The predicted octanol–water partition coefficient (Wildman–Crippen LogP) is 2.61. The lowest BCUT2D eigenvalue weighted by atomic mass is 10.2. The molecular weight excluding hydrogens is 250 g/mol. The Balaban J connectivity index is 2.61. The van der Waals surface area contributed by atoms with E-state index >= 15 is 0 Å². The zero-order valence-electron chi connectivity index (χ0n) is 13.7. The van der Waals surface area contributed by atoms with Crippen LogP contribution in [0.5, 0.6) is 0 Å². The van der Waals surface area contributed by atoms with Crippen molar-refractivity contribution in [3.63, 3.8) is 0 Å². The molecule has 2 N–H and O–H groups in total. The minimum absolute atomic E-state index is 0.557. The van der Waals surface area contributed by atoms with E-state index in [1.165, 1.54) is 0 Å². The van der Waals surface area contributed by atoms with Gasteiger partial charge < -0.3 is 10.6 Å². The molecule has 0 unspecified atom stereocenters. The Morgan fingerprint density at radius 3 is 2.20 bits per heavy atom. The molecule has 1 aromatic rings. The number of nitrogens with one attached hydrogen (secondary N) is 2. The summed E-state index contributed by atoms with van der Waals surface area (Å²) in [4.78, 5) is 11.4. The number of rotatable bonds is 8. The molecule has 0 amide bonds. The molecule has 1 aromatic heterocycles. The van der Waals surface area contributed by atoms with Crippen LogP contribution < -0.4 is 10.6 Å². The molecule has 1 heterocycles. The summed E-state index contributed by atoms with van der Waals surface area (Å²) in [5, 5.41) is 6.48. The average molecular weight is 279 g/mol. The van der Waals surface area contributed by atoms with Crippen LogP contribution in [0.15, 0.2) is 6.07 Å². The second-order valence-electron chi connectivity index (χ2n) is 5.51. The smallest absolute Gasteiger partial charge is 0.132 e. The molecule has 0 aliphatic carbocycles. The van der Waals surface area contributed by atoms with E-state index in [9.17, 15) is 0 Å². The van der Waals surface area contributed by atoms with Crippen LogP contribution in [0.4, 0.5) is 11.6 Å². The van der Waals surface area contributed by atoms with Crippen LogP contribution in [0.1, 0.15) is 40.4 Å². The van der Waals surface area contributed by atoms with E-state index in [4.69, 9.17) is 0 Å². The Morgan fingerprint density at radius 2 is 1.70 bits per heavy atom. The van der Waals surface area contributed by atoms with Gasteiger partial charge in [-0.2, -0.15) is 0 Å². The van der Waals surface area contributed by atoms with E-state index in [0.29, 0.717) is 12.1 Å². The molecule has 5 nitrogen and oxygen atoms in total. The van der Waals surface area contributed by atoms with Gasteiger partial charge in [0.1, 0.15) is 17.5 Å². The highest BCUT2D eigenvalue weighted by molar-refractivity contribution is 5.47. The van der Waals surface area contributed by atoms with Crippen LogP contribution in [-0.4, -0.2) is 47.1 Å². The molecule has 0 bridgehead atoms. The first-order chi connectivity index (χ1) is 9.47. The minimum Gasteiger partial charge on any atom is -0.373 e. The molecule has 0 spiro atoms. The first-order valence-corrected chi connectivity index (χ1v) is 7.53. The predicted molar refractivity (Wildman–Crippen MR) is 86.4 cm³/mol. The highest BCUT2D eigenvalue weighted by atomic mass is 15.2. The molecule has 0 aliphatic heterocycles. The van der Waals surface area contributed by atoms with Crippen molar-refractivity contribution in [3.8, 4) is 0 Å². The summed E-state index contributed by atoms with van der Waals surface area (Å²) in [6.45, 7) is 12.9. The Labute approximate surface area is 123 Å². The number of anilines is 2. The van der Waals surface area contributed by atoms with Gasteiger partial charge in [0.15, 0.2) is 0 Å². The minimum atomic E-state index is 0.557. The molecule has 5 heteroatoms. The van der Waals surface area contributed by atoms with E-state index in [0.717, 1.165) is 37.0 Å². The van der Waals surface area contributed by atoms with E-state index in [1.54, 1.807) is 0 Å². The molecule has 1 rings (SSSR count). The molecule has 0 atom stereocenters. The summed E-state index contributed by atoms with van der Waals surface area (Å²) >= 11 is 0. The van der Waals surface area contributed by atoms with Crippen LogP contribution in [0, 0.1) is 0 Å². The van der Waals surface area contributed by atoms with Crippen molar-refractivity contribution >= 4 is 11.6 Å². The van der Waals surface area contributed by atoms with Crippen LogP contribution in [0.3, 0.4) is 0 Å². The van der Waals surface area contributed by atoms with Crippen molar-refractivity contribution in [2.75, 3.05) is 30.8 Å². The fraction of sp³-hybridized carbons (Fsp3) is 0.733. The first kappa shape index (κ1) is 16.7. The van der Waals surface area contributed by atoms with Gasteiger partial charge in [-0.3, -0.25) is 4.90 Å². The third-order valence-electron chi connectivity index (χ3n) is 3.35. The van der Waals surface area contributed by atoms with Crippen molar-refractivity contribution in [3.05, 3.63) is 11.9 Å². The maximum absolute atomic E-state index is 4.51. The van der Waals surface area contributed by atoms with Crippen molar-refractivity contribution < 1.29 is 0 Å². The van der Waals surface area contributed by atoms with Crippen LogP contribution in [0.25, 0.3) is 0 Å². The molecule has 0 saturated carbocycles. The zero-order chi connectivity index (χ0) is 15.1. The number of aryl methyl sites for hydroxylation is 1. The largest absolute Gasteiger partial charge is 0.373 e. The Bertz CT molecular complexity index is 373. The second-order valence-corrected chi connectivity index (χ2v) is 5.51. The van der Waals surface area contributed by atoms with Crippen molar-refractivity contribution in [1.29, 1.82) is 0 Å². The number of aromatic nitrogens is 2. The fourth-order valence-corrected chi connectivity index (χ4v) is 2.30. The molecule has 0 aromatic carbocycles. The van der Waals surface area contributed by atoms with E-state index in [2.05, 4.69) is 60.1 Å². The van der Waals surface area contributed by atoms with E-state index < -0.39 is 0 Å². The van der Waals surface area contributed by atoms with Crippen molar-refractivity contribution in [1.82, 2.24) is 14.9 Å². The molecule has 0 aliphatic rings. The third kappa shape index (κ3) is 4.96. The van der Waals surface area contributed by atoms with Gasteiger partial charge in [-0.1, -0.05) is 6.92 Å². The Morgan fingerprint density at radius 1 is 1.10 bits per heavy atom. The standard InChI is InChI=1S/C15H29N5/c1-7-13-18-14(16-6)10-15(19-13)17-8-9-20(11(2)3)12(4)5/h10-12H,7-9H2,1-6H3,(H2,16,17,18,19). The lowest BCUT2D eigenvalue weighted by Gasteiger charge is -2.30. The van der Waals surface area contributed by atoms with Gasteiger partial charge in [0.2, 0.25) is 0 Å². The average Bonchev–Trinajstić information content (AvgIpc) is 2.42. The van der Waals surface area contributed by atoms with Gasteiger partial charge >= 0.3 is 0 Å². The quantitative estimate of drug-likeness (QED) is 0.766. The molecule has 0 saturated heterocycles.